The highest BCUT2D eigenvalue weighted by Crippen LogP contribution is 2.27. The molecule has 2 heterocycles. The van der Waals surface area contributed by atoms with Crippen LogP contribution >= 0.6 is 0 Å². The van der Waals surface area contributed by atoms with Crippen molar-refractivity contribution in [3.63, 3.8) is 0 Å². The van der Waals surface area contributed by atoms with Crippen LogP contribution in [-0.4, -0.2) is 15.8 Å². The zero-order valence-corrected chi connectivity index (χ0v) is 10.3. The molecule has 2 aromatic heterocycles. The van der Waals surface area contributed by atoms with Crippen molar-refractivity contribution >= 4 is 6.29 Å². The molecule has 0 bridgehead atoms. The zero-order chi connectivity index (χ0) is 12.4. The standard InChI is InChI=1S/C14H16N2O/c1-10(2)16-11(3)13(9-17)7-14(16)12-5-4-6-15-8-12/h4-10H,1-3H3. The SMILES string of the molecule is Cc1c(C=O)cc(-c2cccnc2)n1C(C)C. The van der Waals surface area contributed by atoms with Gasteiger partial charge in [-0.1, -0.05) is 0 Å². The smallest absolute Gasteiger partial charge is 0.151 e. The summed E-state index contributed by atoms with van der Waals surface area (Å²) in [4.78, 5) is 15.1. The van der Waals surface area contributed by atoms with Gasteiger partial charge in [0.1, 0.15) is 0 Å². The Morgan fingerprint density at radius 3 is 2.71 bits per heavy atom. The molecular weight excluding hydrogens is 212 g/mol. The Morgan fingerprint density at radius 1 is 1.41 bits per heavy atom. The molecule has 0 radical (unpaired) electrons. The highest BCUT2D eigenvalue weighted by atomic mass is 16.1. The molecule has 0 unspecified atom stereocenters. The molecule has 17 heavy (non-hydrogen) atoms. The number of pyridine rings is 1. The number of hydrogen-bond acceptors (Lipinski definition) is 2. The summed E-state index contributed by atoms with van der Waals surface area (Å²) >= 11 is 0. The quantitative estimate of drug-likeness (QED) is 0.756. The van der Waals surface area contributed by atoms with Gasteiger partial charge in [-0.05, 0) is 39.0 Å². The Hall–Kier alpha value is -1.90. The summed E-state index contributed by atoms with van der Waals surface area (Å²) in [5.74, 6) is 0. The van der Waals surface area contributed by atoms with Crippen molar-refractivity contribution in [3.8, 4) is 11.3 Å². The molecule has 3 nitrogen and oxygen atoms in total. The van der Waals surface area contributed by atoms with Gasteiger partial charge in [0.25, 0.3) is 0 Å². The van der Waals surface area contributed by atoms with E-state index >= 15 is 0 Å². The van der Waals surface area contributed by atoms with Gasteiger partial charge in [0, 0.05) is 35.3 Å². The molecule has 2 aromatic rings. The van der Waals surface area contributed by atoms with E-state index in [4.69, 9.17) is 0 Å². The predicted molar refractivity (Wildman–Crippen MR) is 68.2 cm³/mol. The van der Waals surface area contributed by atoms with Crippen LogP contribution in [0.3, 0.4) is 0 Å². The van der Waals surface area contributed by atoms with Crippen molar-refractivity contribution in [2.45, 2.75) is 26.8 Å². The summed E-state index contributed by atoms with van der Waals surface area (Å²) in [6.45, 7) is 6.20. The molecule has 0 aliphatic heterocycles. The average Bonchev–Trinajstić information content (AvgIpc) is 2.67. The molecular formula is C14H16N2O. The summed E-state index contributed by atoms with van der Waals surface area (Å²) in [6.07, 6.45) is 4.48. The van der Waals surface area contributed by atoms with Crippen LogP contribution < -0.4 is 0 Å². The second-order valence-electron chi connectivity index (χ2n) is 4.39. The molecule has 0 saturated heterocycles. The van der Waals surface area contributed by atoms with Gasteiger partial charge in [-0.3, -0.25) is 9.78 Å². The number of rotatable bonds is 3. The Labute approximate surface area is 101 Å². The maximum atomic E-state index is 11.0. The molecule has 0 atom stereocenters. The van der Waals surface area contributed by atoms with Gasteiger partial charge in [-0.25, -0.2) is 0 Å². The summed E-state index contributed by atoms with van der Waals surface area (Å²) in [6, 6.07) is 6.16. The third-order valence-corrected chi connectivity index (χ3v) is 2.93. The van der Waals surface area contributed by atoms with Gasteiger partial charge in [-0.15, -0.1) is 0 Å². The van der Waals surface area contributed by atoms with E-state index in [-0.39, 0.29) is 0 Å². The number of carbonyl (C=O) groups excluding carboxylic acids is 1. The number of nitrogens with zero attached hydrogens (tertiary/aromatic N) is 2. The van der Waals surface area contributed by atoms with E-state index in [0.717, 1.165) is 28.8 Å². The minimum Gasteiger partial charge on any atom is -0.342 e. The Kier molecular flexibility index (Phi) is 3.09. The normalized spacial score (nSPS) is 10.8. The molecule has 0 aromatic carbocycles. The van der Waals surface area contributed by atoms with Crippen LogP contribution in [0.2, 0.25) is 0 Å². The molecule has 0 saturated carbocycles. The van der Waals surface area contributed by atoms with E-state index in [2.05, 4.69) is 23.4 Å². The first kappa shape index (κ1) is 11.6. The average molecular weight is 228 g/mol. The molecule has 0 fully saturated rings. The van der Waals surface area contributed by atoms with E-state index < -0.39 is 0 Å². The first-order chi connectivity index (χ1) is 8.15. The van der Waals surface area contributed by atoms with E-state index in [1.165, 1.54) is 0 Å². The van der Waals surface area contributed by atoms with Crippen molar-refractivity contribution in [2.24, 2.45) is 0 Å². The van der Waals surface area contributed by atoms with Gasteiger partial charge in [0.05, 0.1) is 5.69 Å². The van der Waals surface area contributed by atoms with Gasteiger partial charge in [0.15, 0.2) is 6.29 Å². The predicted octanol–water partition coefficient (Wildman–Crippen LogP) is 3.25. The monoisotopic (exact) mass is 228 g/mol. The van der Waals surface area contributed by atoms with E-state index in [1.54, 1.807) is 6.20 Å². The van der Waals surface area contributed by atoms with Crippen LogP contribution in [0.5, 0.6) is 0 Å². The van der Waals surface area contributed by atoms with Crippen molar-refractivity contribution in [2.75, 3.05) is 0 Å². The lowest BCUT2D eigenvalue weighted by molar-refractivity contribution is 0.112. The minimum atomic E-state index is 0.318. The molecule has 2 rings (SSSR count). The third kappa shape index (κ3) is 2.00. The lowest BCUT2D eigenvalue weighted by atomic mass is 10.2. The molecule has 3 heteroatoms. The van der Waals surface area contributed by atoms with Gasteiger partial charge in [-0.2, -0.15) is 0 Å². The van der Waals surface area contributed by atoms with Crippen LogP contribution in [0.25, 0.3) is 11.3 Å². The molecule has 0 N–H and O–H groups in total. The number of hydrogen-bond donors (Lipinski definition) is 0. The number of carbonyl (C=O) groups is 1. The van der Waals surface area contributed by atoms with Crippen molar-refractivity contribution in [3.05, 3.63) is 41.9 Å². The maximum Gasteiger partial charge on any atom is 0.151 e. The summed E-state index contributed by atoms with van der Waals surface area (Å²) in [5.41, 5.74) is 3.84. The summed E-state index contributed by atoms with van der Waals surface area (Å²) in [5, 5.41) is 0. The lowest BCUT2D eigenvalue weighted by Crippen LogP contribution is -2.05. The van der Waals surface area contributed by atoms with E-state index in [1.807, 2.05) is 31.3 Å². The highest BCUT2D eigenvalue weighted by molar-refractivity contribution is 5.80. The topological polar surface area (TPSA) is 34.9 Å². The van der Waals surface area contributed by atoms with Crippen LogP contribution in [0, 0.1) is 6.92 Å². The van der Waals surface area contributed by atoms with Gasteiger partial charge in [0.2, 0.25) is 0 Å². The number of aromatic nitrogens is 2. The van der Waals surface area contributed by atoms with Crippen molar-refractivity contribution < 1.29 is 4.79 Å². The van der Waals surface area contributed by atoms with E-state index in [9.17, 15) is 4.79 Å². The fourth-order valence-corrected chi connectivity index (χ4v) is 2.16. The second kappa shape index (κ2) is 4.53. The fourth-order valence-electron chi connectivity index (χ4n) is 2.16. The van der Waals surface area contributed by atoms with Crippen LogP contribution in [-0.2, 0) is 0 Å². The fraction of sp³-hybridized carbons (Fsp3) is 0.286. The Bertz CT molecular complexity index is 527. The first-order valence-electron chi connectivity index (χ1n) is 5.72. The molecule has 0 aliphatic rings. The minimum absolute atomic E-state index is 0.318. The van der Waals surface area contributed by atoms with Crippen LogP contribution in [0.15, 0.2) is 30.6 Å². The Morgan fingerprint density at radius 2 is 2.18 bits per heavy atom. The second-order valence-corrected chi connectivity index (χ2v) is 4.39. The molecule has 0 amide bonds. The van der Waals surface area contributed by atoms with Crippen molar-refractivity contribution in [1.82, 2.24) is 9.55 Å². The summed E-state index contributed by atoms with van der Waals surface area (Å²) in [7, 11) is 0. The van der Waals surface area contributed by atoms with Gasteiger partial charge >= 0.3 is 0 Å². The van der Waals surface area contributed by atoms with Crippen molar-refractivity contribution in [1.29, 1.82) is 0 Å². The molecule has 0 aliphatic carbocycles. The highest BCUT2D eigenvalue weighted by Gasteiger charge is 2.14. The first-order valence-corrected chi connectivity index (χ1v) is 5.72. The number of aldehydes is 1. The lowest BCUT2D eigenvalue weighted by Gasteiger charge is -2.15. The maximum absolute atomic E-state index is 11.0. The molecule has 0 spiro atoms. The Balaban J connectivity index is 2.65. The zero-order valence-electron chi connectivity index (χ0n) is 10.3. The van der Waals surface area contributed by atoms with Gasteiger partial charge < -0.3 is 4.57 Å². The van der Waals surface area contributed by atoms with Crippen LogP contribution in [0.4, 0.5) is 0 Å². The third-order valence-electron chi connectivity index (χ3n) is 2.93. The largest absolute Gasteiger partial charge is 0.342 e. The summed E-state index contributed by atoms with van der Waals surface area (Å²) < 4.78 is 2.17. The van der Waals surface area contributed by atoms with Crippen LogP contribution in [0.1, 0.15) is 35.9 Å². The van der Waals surface area contributed by atoms with E-state index in [0.29, 0.717) is 6.04 Å². The molecule has 88 valence electrons.